The molecule has 0 aromatic carbocycles. The third-order valence-electron chi connectivity index (χ3n) is 2.78. The van der Waals surface area contributed by atoms with Gasteiger partial charge in [0.1, 0.15) is 6.33 Å². The van der Waals surface area contributed by atoms with Gasteiger partial charge in [-0.15, -0.1) is 0 Å². The van der Waals surface area contributed by atoms with Gasteiger partial charge in [-0.25, -0.2) is 19.2 Å². The first-order valence-corrected chi connectivity index (χ1v) is 5.41. The molecule has 0 unspecified atom stereocenters. The van der Waals surface area contributed by atoms with Gasteiger partial charge < -0.3 is 4.74 Å². The highest BCUT2D eigenvalue weighted by Crippen LogP contribution is 2.36. The molecule has 0 aliphatic heterocycles. The zero-order chi connectivity index (χ0) is 11.5. The van der Waals surface area contributed by atoms with Crippen LogP contribution in [0.2, 0.25) is 0 Å². The molecule has 0 spiro atoms. The van der Waals surface area contributed by atoms with E-state index in [2.05, 4.69) is 9.97 Å². The Labute approximate surface area is 92.9 Å². The fourth-order valence-electron chi connectivity index (χ4n) is 1.69. The highest BCUT2D eigenvalue weighted by atomic mass is 19.1. The molecule has 1 saturated carbocycles. The Hall–Kier alpha value is -1.52. The van der Waals surface area contributed by atoms with E-state index < -0.39 is 11.8 Å². The molecule has 0 N–H and O–H groups in total. The maximum atomic E-state index is 13.9. The van der Waals surface area contributed by atoms with Crippen molar-refractivity contribution in [2.45, 2.75) is 32.1 Å². The lowest BCUT2D eigenvalue weighted by molar-refractivity contribution is 0.0512. The predicted molar refractivity (Wildman–Crippen MR) is 54.5 cm³/mol. The van der Waals surface area contributed by atoms with Gasteiger partial charge in [-0.1, -0.05) is 6.42 Å². The third-order valence-corrected chi connectivity index (χ3v) is 2.78. The van der Waals surface area contributed by atoms with Crippen LogP contribution in [0.4, 0.5) is 4.39 Å². The number of carbonyl (C=O) groups excluding carboxylic acids is 1. The molecule has 1 aromatic heterocycles. The maximum Gasteiger partial charge on any atom is 0.360 e. The van der Waals surface area contributed by atoms with Crippen molar-refractivity contribution in [1.82, 2.24) is 9.97 Å². The van der Waals surface area contributed by atoms with E-state index in [-0.39, 0.29) is 18.2 Å². The summed E-state index contributed by atoms with van der Waals surface area (Å²) in [6.07, 6.45) is 4.16. The van der Waals surface area contributed by atoms with Crippen LogP contribution in [0.5, 0.6) is 0 Å². The van der Waals surface area contributed by atoms with Crippen molar-refractivity contribution in [2.75, 3.05) is 6.61 Å². The molecule has 0 saturated heterocycles. The van der Waals surface area contributed by atoms with E-state index in [1.54, 1.807) is 6.92 Å². The molecule has 5 heteroatoms. The Balaban J connectivity index is 2.28. The summed E-state index contributed by atoms with van der Waals surface area (Å²) in [7, 11) is 0. The van der Waals surface area contributed by atoms with Gasteiger partial charge >= 0.3 is 5.97 Å². The van der Waals surface area contributed by atoms with Crippen molar-refractivity contribution in [1.29, 1.82) is 0 Å². The Bertz CT molecular complexity index is 405. The van der Waals surface area contributed by atoms with Gasteiger partial charge in [0.25, 0.3) is 0 Å². The van der Waals surface area contributed by atoms with Crippen LogP contribution in [-0.4, -0.2) is 22.5 Å². The van der Waals surface area contributed by atoms with Crippen LogP contribution in [0.15, 0.2) is 6.33 Å². The normalized spacial score (nSPS) is 15.6. The average Bonchev–Trinajstić information content (AvgIpc) is 2.18. The summed E-state index contributed by atoms with van der Waals surface area (Å²) in [5, 5.41) is 0. The quantitative estimate of drug-likeness (QED) is 0.737. The lowest BCUT2D eigenvalue weighted by atomic mass is 9.82. The number of nitrogens with zero attached hydrogens (tertiary/aromatic N) is 2. The van der Waals surface area contributed by atoms with Gasteiger partial charge in [0.15, 0.2) is 11.5 Å². The monoisotopic (exact) mass is 224 g/mol. The SMILES string of the molecule is CCOC(=O)c1ncnc(C2CCC2)c1F. The summed E-state index contributed by atoms with van der Waals surface area (Å²) >= 11 is 0. The first-order valence-electron chi connectivity index (χ1n) is 5.41. The Morgan fingerprint density at radius 1 is 1.56 bits per heavy atom. The lowest BCUT2D eigenvalue weighted by Crippen LogP contribution is -2.17. The fourth-order valence-corrected chi connectivity index (χ4v) is 1.69. The van der Waals surface area contributed by atoms with E-state index in [0.29, 0.717) is 5.69 Å². The van der Waals surface area contributed by atoms with E-state index in [9.17, 15) is 9.18 Å². The molecule has 1 aliphatic carbocycles. The van der Waals surface area contributed by atoms with Gasteiger partial charge in [0, 0.05) is 5.92 Å². The standard InChI is InChI=1S/C11H13FN2O2/c1-2-16-11(15)10-8(12)9(13-6-14-10)7-4-3-5-7/h6-7H,2-5H2,1H3. The molecule has 0 amide bonds. The van der Waals surface area contributed by atoms with Crippen molar-refractivity contribution in [3.05, 3.63) is 23.5 Å². The number of hydrogen-bond donors (Lipinski definition) is 0. The van der Waals surface area contributed by atoms with Gasteiger partial charge in [-0.2, -0.15) is 0 Å². The number of aromatic nitrogens is 2. The molecule has 4 nitrogen and oxygen atoms in total. The Morgan fingerprint density at radius 3 is 2.88 bits per heavy atom. The number of hydrogen-bond acceptors (Lipinski definition) is 4. The topological polar surface area (TPSA) is 52.1 Å². The summed E-state index contributed by atoms with van der Waals surface area (Å²) < 4.78 is 18.6. The predicted octanol–water partition coefficient (Wildman–Crippen LogP) is 2.06. The number of halogens is 1. The van der Waals surface area contributed by atoms with Crippen LogP contribution in [0.3, 0.4) is 0 Å². The van der Waals surface area contributed by atoms with Crippen molar-refractivity contribution in [2.24, 2.45) is 0 Å². The van der Waals surface area contributed by atoms with Crippen molar-refractivity contribution in [3.63, 3.8) is 0 Å². The van der Waals surface area contributed by atoms with Crippen LogP contribution in [0, 0.1) is 5.82 Å². The molecule has 16 heavy (non-hydrogen) atoms. The largest absolute Gasteiger partial charge is 0.461 e. The lowest BCUT2D eigenvalue weighted by Gasteiger charge is -2.24. The Morgan fingerprint density at radius 2 is 2.31 bits per heavy atom. The molecule has 0 atom stereocenters. The van der Waals surface area contributed by atoms with Gasteiger partial charge in [-0.3, -0.25) is 0 Å². The second-order valence-corrected chi connectivity index (χ2v) is 3.77. The molecule has 0 radical (unpaired) electrons. The second-order valence-electron chi connectivity index (χ2n) is 3.77. The third kappa shape index (κ3) is 1.89. The summed E-state index contributed by atoms with van der Waals surface area (Å²) in [5.41, 5.74) is 0.100. The van der Waals surface area contributed by atoms with Crippen LogP contribution < -0.4 is 0 Å². The molecular weight excluding hydrogens is 211 g/mol. The van der Waals surface area contributed by atoms with Crippen LogP contribution >= 0.6 is 0 Å². The molecule has 1 heterocycles. The van der Waals surface area contributed by atoms with E-state index in [1.165, 1.54) is 6.33 Å². The summed E-state index contributed by atoms with van der Waals surface area (Å²) in [4.78, 5) is 18.9. The van der Waals surface area contributed by atoms with Crippen LogP contribution in [0.25, 0.3) is 0 Å². The molecule has 86 valence electrons. The first kappa shape index (κ1) is 11.0. The smallest absolute Gasteiger partial charge is 0.360 e. The zero-order valence-electron chi connectivity index (χ0n) is 9.07. The molecule has 0 bridgehead atoms. The molecule has 2 rings (SSSR count). The van der Waals surface area contributed by atoms with Crippen molar-refractivity contribution >= 4 is 5.97 Å². The average molecular weight is 224 g/mol. The summed E-state index contributed by atoms with van der Waals surface area (Å²) in [6, 6.07) is 0. The minimum Gasteiger partial charge on any atom is -0.461 e. The van der Waals surface area contributed by atoms with E-state index in [0.717, 1.165) is 19.3 Å². The number of rotatable bonds is 3. The van der Waals surface area contributed by atoms with Crippen LogP contribution in [0.1, 0.15) is 48.3 Å². The summed E-state index contributed by atoms with van der Waals surface area (Å²) in [5.74, 6) is -1.20. The Kier molecular flexibility index (Phi) is 3.12. The van der Waals surface area contributed by atoms with Gasteiger partial charge in [0.05, 0.1) is 12.3 Å². The number of carbonyl (C=O) groups is 1. The van der Waals surface area contributed by atoms with Crippen LogP contribution in [-0.2, 0) is 4.74 Å². The van der Waals surface area contributed by atoms with Crippen molar-refractivity contribution < 1.29 is 13.9 Å². The molecule has 1 aliphatic rings. The van der Waals surface area contributed by atoms with E-state index >= 15 is 0 Å². The summed E-state index contributed by atoms with van der Waals surface area (Å²) in [6.45, 7) is 1.88. The molecular formula is C11H13FN2O2. The van der Waals surface area contributed by atoms with E-state index in [1.807, 2.05) is 0 Å². The fraction of sp³-hybridized carbons (Fsp3) is 0.545. The van der Waals surface area contributed by atoms with Crippen molar-refractivity contribution in [3.8, 4) is 0 Å². The maximum absolute atomic E-state index is 13.9. The zero-order valence-corrected chi connectivity index (χ0v) is 9.07. The highest BCUT2D eigenvalue weighted by Gasteiger charge is 2.28. The number of ether oxygens (including phenoxy) is 1. The number of esters is 1. The van der Waals surface area contributed by atoms with Gasteiger partial charge in [-0.05, 0) is 19.8 Å². The first-order chi connectivity index (χ1) is 7.74. The van der Waals surface area contributed by atoms with E-state index in [4.69, 9.17) is 4.74 Å². The molecule has 1 fully saturated rings. The highest BCUT2D eigenvalue weighted by molar-refractivity contribution is 5.87. The molecule has 1 aromatic rings. The minimum absolute atomic E-state index is 0.135. The second kappa shape index (κ2) is 4.55. The van der Waals surface area contributed by atoms with Gasteiger partial charge in [0.2, 0.25) is 0 Å². The minimum atomic E-state index is -0.719.